The summed E-state index contributed by atoms with van der Waals surface area (Å²) in [5.74, 6) is 1.47. The van der Waals surface area contributed by atoms with Gasteiger partial charge in [0.2, 0.25) is 5.91 Å². The Morgan fingerprint density at radius 1 is 0.765 bits per heavy atom. The van der Waals surface area contributed by atoms with Crippen molar-refractivity contribution < 1.29 is 44.3 Å². The van der Waals surface area contributed by atoms with Crippen LogP contribution < -0.4 is 16.0 Å². The highest BCUT2D eigenvalue weighted by Crippen LogP contribution is 2.55. The van der Waals surface area contributed by atoms with E-state index in [1.165, 1.54) is 38.5 Å². The van der Waals surface area contributed by atoms with Gasteiger partial charge in [0.25, 0.3) is 0 Å². The maximum Gasteiger partial charge on any atom is 0.329 e. The molecule has 4 bridgehead atoms. The molecule has 12 heteroatoms. The van der Waals surface area contributed by atoms with Gasteiger partial charge < -0.3 is 45.9 Å². The molecule has 5 aliphatic rings. The van der Waals surface area contributed by atoms with Crippen molar-refractivity contribution in [3.63, 3.8) is 0 Å². The van der Waals surface area contributed by atoms with Crippen LogP contribution >= 0.6 is 0 Å². The van der Waals surface area contributed by atoms with Crippen LogP contribution in [0.2, 0.25) is 0 Å². The molecule has 4 saturated carbocycles. The average Bonchev–Trinajstić information content (AvgIpc) is 3.08. The second-order valence-corrected chi connectivity index (χ2v) is 16.3. The third-order valence-corrected chi connectivity index (χ3v) is 11.8. The predicted octanol–water partition coefficient (Wildman–Crippen LogP) is 4.73. The van der Waals surface area contributed by atoms with E-state index in [0.29, 0.717) is 25.7 Å². The molecule has 4 aliphatic carbocycles. The molecule has 12 nitrogen and oxygen atoms in total. The van der Waals surface area contributed by atoms with Gasteiger partial charge in [0, 0.05) is 18.5 Å². The minimum atomic E-state index is -1.71. The number of carbonyl (C=O) groups excluding carboxylic acids is 3. The van der Waals surface area contributed by atoms with E-state index in [0.717, 1.165) is 108 Å². The van der Waals surface area contributed by atoms with Gasteiger partial charge in [0.1, 0.15) is 24.4 Å². The summed E-state index contributed by atoms with van der Waals surface area (Å²) in [6, 6.07) is -0.905. The summed E-state index contributed by atoms with van der Waals surface area (Å²) in [6.07, 6.45) is 16.1. The number of urea groups is 1. The summed E-state index contributed by atoms with van der Waals surface area (Å²) in [5.41, 5.74) is 0.0616. The number of aliphatic hydroxyl groups is 4. The number of nitrogens with one attached hydrogen (secondary N) is 3. The number of unbranched alkanes of at least 4 members (excludes halogenated alkanes) is 13. The zero-order valence-corrected chi connectivity index (χ0v) is 31.2. The normalized spacial score (nSPS) is 31.6. The fourth-order valence-electron chi connectivity index (χ4n) is 9.47. The van der Waals surface area contributed by atoms with Crippen LogP contribution in [0.1, 0.15) is 155 Å². The molecule has 3 unspecified atom stereocenters. The van der Waals surface area contributed by atoms with Crippen LogP contribution in [0.25, 0.3) is 0 Å². The Labute approximate surface area is 305 Å². The first-order chi connectivity index (χ1) is 24.6. The van der Waals surface area contributed by atoms with E-state index in [2.05, 4.69) is 22.9 Å². The van der Waals surface area contributed by atoms with Gasteiger partial charge in [-0.1, -0.05) is 90.4 Å². The topological polar surface area (TPSA) is 187 Å². The molecule has 0 aromatic carbocycles. The third kappa shape index (κ3) is 13.4. The molecule has 5 fully saturated rings. The number of ether oxygens (including phenoxy) is 2. The fraction of sp³-hybridized carbons (Fsp3) is 0.923. The Balaban J connectivity index is 1.04. The second kappa shape index (κ2) is 21.6. The Morgan fingerprint density at radius 3 is 1.90 bits per heavy atom. The molecular formula is C39H69N3O9. The number of amides is 3. The Kier molecular flexibility index (Phi) is 17.7. The van der Waals surface area contributed by atoms with Crippen LogP contribution in [-0.2, 0) is 19.1 Å². The maximum absolute atomic E-state index is 13.2. The summed E-state index contributed by atoms with van der Waals surface area (Å²) < 4.78 is 10.6. The van der Waals surface area contributed by atoms with E-state index < -0.39 is 49.3 Å². The third-order valence-electron chi connectivity index (χ3n) is 11.8. The number of esters is 1. The molecule has 0 spiro atoms. The van der Waals surface area contributed by atoms with E-state index >= 15 is 0 Å². The smallest absolute Gasteiger partial charge is 0.329 e. The average molecular weight is 724 g/mol. The maximum atomic E-state index is 13.2. The molecule has 3 amide bonds. The Bertz CT molecular complexity index is 1020. The molecule has 0 aromatic heterocycles. The zero-order valence-electron chi connectivity index (χ0n) is 31.2. The van der Waals surface area contributed by atoms with Crippen molar-refractivity contribution in [1.82, 2.24) is 16.0 Å². The highest BCUT2D eigenvalue weighted by Gasteiger charge is 2.51. The first-order valence-electron chi connectivity index (χ1n) is 20.5. The van der Waals surface area contributed by atoms with Crippen molar-refractivity contribution in [2.45, 2.75) is 197 Å². The van der Waals surface area contributed by atoms with Crippen molar-refractivity contribution in [3.8, 4) is 0 Å². The predicted molar refractivity (Wildman–Crippen MR) is 193 cm³/mol. The van der Waals surface area contributed by atoms with Crippen LogP contribution in [0.15, 0.2) is 0 Å². The van der Waals surface area contributed by atoms with Gasteiger partial charge in [-0.3, -0.25) is 4.79 Å². The van der Waals surface area contributed by atoms with Gasteiger partial charge in [-0.2, -0.15) is 0 Å². The summed E-state index contributed by atoms with van der Waals surface area (Å²) in [4.78, 5) is 38.6. The number of rotatable bonds is 24. The van der Waals surface area contributed by atoms with Crippen molar-refractivity contribution in [1.29, 1.82) is 0 Å². The second-order valence-electron chi connectivity index (χ2n) is 16.3. The van der Waals surface area contributed by atoms with Crippen LogP contribution in [-0.4, -0.2) is 93.8 Å². The SMILES string of the molecule is CCCCCCCCC(NC(=O)CCCCCCCCCCCNC(=O)NC12CC3CC(CC(C3)C1)C2)C(=O)O[C@@H]1C(CO)O[C@H](O)C(O)[C@H]1O. The summed E-state index contributed by atoms with van der Waals surface area (Å²) in [5, 5.41) is 49.1. The van der Waals surface area contributed by atoms with E-state index in [9.17, 15) is 34.8 Å². The van der Waals surface area contributed by atoms with E-state index in [-0.39, 0.29) is 17.5 Å². The first kappa shape index (κ1) is 41.8. The van der Waals surface area contributed by atoms with Crippen molar-refractivity contribution in [2.24, 2.45) is 17.8 Å². The molecular weight excluding hydrogens is 654 g/mol. The molecule has 6 atom stereocenters. The highest BCUT2D eigenvalue weighted by atomic mass is 16.7. The Hall–Kier alpha value is -1.99. The molecule has 7 N–H and O–H groups in total. The lowest BCUT2D eigenvalue weighted by atomic mass is 9.53. The molecule has 51 heavy (non-hydrogen) atoms. The fourth-order valence-corrected chi connectivity index (χ4v) is 9.47. The standard InChI is InChI=1S/C39H69N3O9/c1-2-3-4-5-11-14-17-30(36(47)51-35-31(26-43)50-37(48)34(46)33(35)45)41-32(44)18-15-12-9-7-6-8-10-13-16-19-40-38(49)42-39-23-27-20-28(24-39)22-29(21-27)25-39/h27-31,33-35,37,43,45-46,48H,2-26H2,1H3,(H,41,44)(H2,40,42,49)/t27?,28?,29?,30?,31?,33-,34?,35-,37+,39?/m1/s1. The number of hydrogen-bond donors (Lipinski definition) is 7. The molecule has 5 rings (SSSR count). The van der Waals surface area contributed by atoms with Crippen LogP contribution in [0.5, 0.6) is 0 Å². The zero-order chi connectivity index (χ0) is 36.6. The van der Waals surface area contributed by atoms with Crippen molar-refractivity contribution in [3.05, 3.63) is 0 Å². The van der Waals surface area contributed by atoms with Crippen LogP contribution in [0.3, 0.4) is 0 Å². The molecule has 0 radical (unpaired) electrons. The minimum Gasteiger partial charge on any atom is -0.455 e. The summed E-state index contributed by atoms with van der Waals surface area (Å²) >= 11 is 0. The van der Waals surface area contributed by atoms with Gasteiger partial charge in [0.15, 0.2) is 12.4 Å². The largest absolute Gasteiger partial charge is 0.455 e. The van der Waals surface area contributed by atoms with Crippen LogP contribution in [0, 0.1) is 17.8 Å². The van der Waals surface area contributed by atoms with Crippen molar-refractivity contribution >= 4 is 17.9 Å². The highest BCUT2D eigenvalue weighted by molar-refractivity contribution is 5.84. The number of aliphatic hydroxyl groups excluding tert-OH is 4. The molecule has 1 aliphatic heterocycles. The molecule has 0 aromatic rings. The quantitative estimate of drug-likeness (QED) is 0.0546. The van der Waals surface area contributed by atoms with Gasteiger partial charge in [-0.05, 0) is 75.5 Å². The number of carbonyl (C=O) groups is 3. The van der Waals surface area contributed by atoms with E-state index in [1.807, 2.05) is 0 Å². The lowest BCUT2D eigenvalue weighted by Crippen LogP contribution is -2.61. The van der Waals surface area contributed by atoms with Crippen molar-refractivity contribution in [2.75, 3.05) is 13.2 Å². The monoisotopic (exact) mass is 724 g/mol. The summed E-state index contributed by atoms with van der Waals surface area (Å²) in [6.45, 7) is 2.24. The molecule has 294 valence electrons. The Morgan fingerprint density at radius 2 is 1.31 bits per heavy atom. The first-order valence-corrected chi connectivity index (χ1v) is 20.5. The van der Waals surface area contributed by atoms with Crippen LogP contribution in [0.4, 0.5) is 4.79 Å². The van der Waals surface area contributed by atoms with Gasteiger partial charge in [-0.25, -0.2) is 9.59 Å². The van der Waals surface area contributed by atoms with Gasteiger partial charge >= 0.3 is 12.0 Å². The summed E-state index contributed by atoms with van der Waals surface area (Å²) in [7, 11) is 0. The van der Waals surface area contributed by atoms with E-state index in [1.54, 1.807) is 0 Å². The van der Waals surface area contributed by atoms with Gasteiger partial charge in [-0.15, -0.1) is 0 Å². The molecule has 1 saturated heterocycles. The number of hydrogen-bond acceptors (Lipinski definition) is 9. The molecule has 1 heterocycles. The lowest BCUT2D eigenvalue weighted by molar-refractivity contribution is -0.290. The minimum absolute atomic E-state index is 0.0201. The van der Waals surface area contributed by atoms with E-state index in [4.69, 9.17) is 9.47 Å². The van der Waals surface area contributed by atoms with Gasteiger partial charge in [0.05, 0.1) is 6.61 Å². The lowest BCUT2D eigenvalue weighted by Gasteiger charge is -2.56.